The minimum absolute atomic E-state index is 0.127. The summed E-state index contributed by atoms with van der Waals surface area (Å²) in [7, 11) is 0. The van der Waals surface area contributed by atoms with Gasteiger partial charge in [-0.1, -0.05) is 20.8 Å². The average molecular weight is 211 g/mol. The Morgan fingerprint density at radius 2 is 2.00 bits per heavy atom. The van der Waals surface area contributed by atoms with E-state index in [9.17, 15) is 0 Å². The SMILES string of the molecule is CCC1(CC)CNC2CC(C)CCC2O1. The molecule has 0 radical (unpaired) electrons. The number of hydrogen-bond acceptors (Lipinski definition) is 2. The first kappa shape index (κ1) is 11.4. The molecular weight excluding hydrogens is 186 g/mol. The minimum atomic E-state index is 0.127. The molecule has 88 valence electrons. The predicted molar refractivity (Wildman–Crippen MR) is 63.0 cm³/mol. The van der Waals surface area contributed by atoms with Crippen LogP contribution < -0.4 is 5.32 Å². The second-order valence-electron chi connectivity index (χ2n) is 5.45. The zero-order valence-corrected chi connectivity index (χ0v) is 10.4. The molecule has 15 heavy (non-hydrogen) atoms. The number of rotatable bonds is 2. The highest BCUT2D eigenvalue weighted by molar-refractivity contribution is 4.95. The van der Waals surface area contributed by atoms with Crippen LogP contribution >= 0.6 is 0 Å². The molecule has 1 saturated heterocycles. The Hall–Kier alpha value is -0.0800. The molecule has 1 N–H and O–H groups in total. The van der Waals surface area contributed by atoms with Gasteiger partial charge in [-0.2, -0.15) is 0 Å². The summed E-state index contributed by atoms with van der Waals surface area (Å²) in [5, 5.41) is 3.72. The second-order valence-corrected chi connectivity index (χ2v) is 5.45. The lowest BCUT2D eigenvalue weighted by Gasteiger charge is -2.48. The molecule has 0 aromatic rings. The summed E-state index contributed by atoms with van der Waals surface area (Å²) in [5.74, 6) is 0.873. The van der Waals surface area contributed by atoms with E-state index in [1.165, 1.54) is 19.3 Å². The lowest BCUT2D eigenvalue weighted by molar-refractivity contribution is -0.152. The third-order valence-corrected chi connectivity index (χ3v) is 4.43. The molecule has 2 fully saturated rings. The van der Waals surface area contributed by atoms with E-state index < -0.39 is 0 Å². The highest BCUT2D eigenvalue weighted by Crippen LogP contribution is 2.34. The molecule has 1 saturated carbocycles. The van der Waals surface area contributed by atoms with Crippen LogP contribution in [-0.2, 0) is 4.74 Å². The van der Waals surface area contributed by atoms with E-state index in [2.05, 4.69) is 26.1 Å². The van der Waals surface area contributed by atoms with Gasteiger partial charge in [0.25, 0.3) is 0 Å². The van der Waals surface area contributed by atoms with Crippen LogP contribution in [0, 0.1) is 5.92 Å². The van der Waals surface area contributed by atoms with Crippen molar-refractivity contribution in [3.8, 4) is 0 Å². The molecule has 0 amide bonds. The Balaban J connectivity index is 2.00. The normalized spacial score (nSPS) is 39.8. The van der Waals surface area contributed by atoms with E-state index in [0.29, 0.717) is 12.1 Å². The van der Waals surface area contributed by atoms with Gasteiger partial charge in [0, 0.05) is 12.6 Å². The molecule has 0 aromatic carbocycles. The topological polar surface area (TPSA) is 21.3 Å². The number of fused-ring (bicyclic) bond motifs is 1. The number of ether oxygens (including phenoxy) is 1. The van der Waals surface area contributed by atoms with Crippen LogP contribution in [0.5, 0.6) is 0 Å². The monoisotopic (exact) mass is 211 g/mol. The number of nitrogens with one attached hydrogen (secondary N) is 1. The van der Waals surface area contributed by atoms with Gasteiger partial charge in [0.1, 0.15) is 0 Å². The largest absolute Gasteiger partial charge is 0.369 e. The van der Waals surface area contributed by atoms with Gasteiger partial charge < -0.3 is 10.1 Å². The number of hydrogen-bond donors (Lipinski definition) is 1. The third-order valence-electron chi connectivity index (χ3n) is 4.43. The van der Waals surface area contributed by atoms with Crippen LogP contribution in [0.15, 0.2) is 0 Å². The van der Waals surface area contributed by atoms with Crippen molar-refractivity contribution in [1.29, 1.82) is 0 Å². The zero-order chi connectivity index (χ0) is 10.9. The Kier molecular flexibility index (Phi) is 3.36. The van der Waals surface area contributed by atoms with Crippen LogP contribution in [0.4, 0.5) is 0 Å². The third kappa shape index (κ3) is 2.21. The summed E-state index contributed by atoms with van der Waals surface area (Å²) in [6.45, 7) is 7.90. The lowest BCUT2D eigenvalue weighted by atomic mass is 9.81. The molecule has 1 aliphatic heterocycles. The highest BCUT2D eigenvalue weighted by Gasteiger charge is 2.41. The summed E-state index contributed by atoms with van der Waals surface area (Å²) in [6.07, 6.45) is 6.64. The quantitative estimate of drug-likeness (QED) is 0.758. The van der Waals surface area contributed by atoms with Crippen molar-refractivity contribution in [2.75, 3.05) is 6.54 Å². The summed E-state index contributed by atoms with van der Waals surface area (Å²) in [5.41, 5.74) is 0.127. The molecule has 2 rings (SSSR count). The smallest absolute Gasteiger partial charge is 0.0805 e. The van der Waals surface area contributed by atoms with Crippen LogP contribution in [-0.4, -0.2) is 24.3 Å². The average Bonchev–Trinajstić information content (AvgIpc) is 2.28. The molecule has 2 aliphatic rings. The molecule has 3 unspecified atom stereocenters. The fourth-order valence-electron chi connectivity index (χ4n) is 3.06. The van der Waals surface area contributed by atoms with Crippen molar-refractivity contribution in [1.82, 2.24) is 5.32 Å². The fourth-order valence-corrected chi connectivity index (χ4v) is 3.06. The first-order valence-corrected chi connectivity index (χ1v) is 6.60. The van der Waals surface area contributed by atoms with Crippen molar-refractivity contribution in [2.45, 2.75) is 70.6 Å². The molecular formula is C13H25NO. The maximum absolute atomic E-state index is 6.36. The Bertz CT molecular complexity index is 213. The molecule has 1 heterocycles. The van der Waals surface area contributed by atoms with Gasteiger partial charge in [0.2, 0.25) is 0 Å². The minimum Gasteiger partial charge on any atom is -0.369 e. The van der Waals surface area contributed by atoms with Crippen LogP contribution in [0.2, 0.25) is 0 Å². The standard InChI is InChI=1S/C13H25NO/c1-4-13(5-2)9-14-11-8-10(3)6-7-12(11)15-13/h10-12,14H,4-9H2,1-3H3. The van der Waals surface area contributed by atoms with E-state index >= 15 is 0 Å². The van der Waals surface area contributed by atoms with Gasteiger partial charge >= 0.3 is 0 Å². The maximum Gasteiger partial charge on any atom is 0.0805 e. The first-order valence-electron chi connectivity index (χ1n) is 6.60. The summed E-state index contributed by atoms with van der Waals surface area (Å²) in [6, 6.07) is 0.625. The maximum atomic E-state index is 6.36. The summed E-state index contributed by atoms with van der Waals surface area (Å²) in [4.78, 5) is 0. The van der Waals surface area contributed by atoms with Crippen LogP contribution in [0.3, 0.4) is 0 Å². The van der Waals surface area contributed by atoms with Crippen molar-refractivity contribution >= 4 is 0 Å². The first-order chi connectivity index (χ1) is 7.19. The van der Waals surface area contributed by atoms with E-state index in [-0.39, 0.29) is 5.60 Å². The molecule has 0 aromatic heterocycles. The zero-order valence-electron chi connectivity index (χ0n) is 10.4. The van der Waals surface area contributed by atoms with Crippen LogP contribution in [0.25, 0.3) is 0 Å². The molecule has 0 bridgehead atoms. The van der Waals surface area contributed by atoms with Gasteiger partial charge in [0.15, 0.2) is 0 Å². The second kappa shape index (κ2) is 4.42. The van der Waals surface area contributed by atoms with Gasteiger partial charge in [0.05, 0.1) is 11.7 Å². The van der Waals surface area contributed by atoms with Gasteiger partial charge in [-0.3, -0.25) is 0 Å². The summed E-state index contributed by atoms with van der Waals surface area (Å²) < 4.78 is 6.36. The predicted octanol–water partition coefficient (Wildman–Crippen LogP) is 2.72. The molecule has 3 atom stereocenters. The molecule has 0 spiro atoms. The molecule has 2 nitrogen and oxygen atoms in total. The Morgan fingerprint density at radius 3 is 2.67 bits per heavy atom. The van der Waals surface area contributed by atoms with Gasteiger partial charge in [-0.25, -0.2) is 0 Å². The van der Waals surface area contributed by atoms with E-state index in [1.54, 1.807) is 0 Å². The van der Waals surface area contributed by atoms with E-state index in [4.69, 9.17) is 4.74 Å². The molecule has 1 aliphatic carbocycles. The Morgan fingerprint density at radius 1 is 1.27 bits per heavy atom. The van der Waals surface area contributed by atoms with Crippen molar-refractivity contribution in [3.05, 3.63) is 0 Å². The fraction of sp³-hybridized carbons (Fsp3) is 1.00. The Labute approximate surface area is 93.8 Å². The van der Waals surface area contributed by atoms with Crippen molar-refractivity contribution in [3.63, 3.8) is 0 Å². The summed E-state index contributed by atoms with van der Waals surface area (Å²) >= 11 is 0. The van der Waals surface area contributed by atoms with Gasteiger partial charge in [-0.15, -0.1) is 0 Å². The lowest BCUT2D eigenvalue weighted by Crippen LogP contribution is -2.60. The van der Waals surface area contributed by atoms with E-state index in [0.717, 1.165) is 25.3 Å². The highest BCUT2D eigenvalue weighted by atomic mass is 16.5. The number of morpholine rings is 1. The van der Waals surface area contributed by atoms with E-state index in [1.807, 2.05) is 0 Å². The van der Waals surface area contributed by atoms with Crippen molar-refractivity contribution in [2.24, 2.45) is 5.92 Å². The van der Waals surface area contributed by atoms with Gasteiger partial charge in [-0.05, 0) is 38.0 Å². The van der Waals surface area contributed by atoms with Crippen LogP contribution in [0.1, 0.15) is 52.9 Å². The molecule has 2 heteroatoms. The van der Waals surface area contributed by atoms with Crippen molar-refractivity contribution < 1.29 is 4.74 Å².